The minimum Gasteiger partial charge on any atom is -0.480 e. The molecule has 2 aromatic heterocycles. The summed E-state index contributed by atoms with van der Waals surface area (Å²) in [4.78, 5) is 45.4. The molecule has 10 nitrogen and oxygen atoms in total. The summed E-state index contributed by atoms with van der Waals surface area (Å²) in [6.45, 7) is 6.11. The van der Waals surface area contributed by atoms with Crippen LogP contribution in [0.25, 0.3) is 11.7 Å². The molecule has 0 aliphatic carbocycles. The van der Waals surface area contributed by atoms with Crippen molar-refractivity contribution >= 4 is 57.7 Å². The molecule has 2 aliphatic heterocycles. The standard InChI is InChI=1S/C22H25N5O5S2/c1-14-4-2-7-26-19(14)24-18(23-5-3-6-25-8-10-32-11-9-25)15(20(26)30)12-16-21(31)27(13-17(28)29)22(33)34-16/h2,4,7,12,23H,3,5-6,8-11,13H2,1H3,(H,28,29). The molecule has 4 rings (SSSR count). The van der Waals surface area contributed by atoms with E-state index in [9.17, 15) is 14.4 Å². The van der Waals surface area contributed by atoms with Gasteiger partial charge in [0.05, 0.1) is 23.7 Å². The number of rotatable bonds is 8. The molecule has 0 saturated carbocycles. The van der Waals surface area contributed by atoms with Crippen LogP contribution in [0.4, 0.5) is 5.82 Å². The van der Waals surface area contributed by atoms with Crippen LogP contribution in [0.5, 0.6) is 0 Å². The molecule has 0 aromatic carbocycles. The number of nitrogens with zero attached hydrogens (tertiary/aromatic N) is 4. The summed E-state index contributed by atoms with van der Waals surface area (Å²) in [5.41, 5.74) is 1.27. The van der Waals surface area contributed by atoms with Crippen LogP contribution in [0.1, 0.15) is 17.5 Å². The van der Waals surface area contributed by atoms with Gasteiger partial charge < -0.3 is 15.2 Å². The lowest BCUT2D eigenvalue weighted by atomic mass is 10.2. The van der Waals surface area contributed by atoms with Gasteiger partial charge in [0, 0.05) is 25.8 Å². The minimum atomic E-state index is -1.16. The Kier molecular flexibility index (Phi) is 7.61. The fraction of sp³-hybridized carbons (Fsp3) is 0.409. The number of morpholine rings is 1. The van der Waals surface area contributed by atoms with Crippen molar-refractivity contribution in [2.45, 2.75) is 13.3 Å². The second kappa shape index (κ2) is 10.6. The predicted molar refractivity (Wildman–Crippen MR) is 134 cm³/mol. The lowest BCUT2D eigenvalue weighted by molar-refractivity contribution is -0.140. The number of nitrogens with one attached hydrogen (secondary N) is 1. The number of thioether (sulfide) groups is 1. The number of hydrogen-bond acceptors (Lipinski definition) is 9. The van der Waals surface area contributed by atoms with Crippen LogP contribution in [-0.2, 0) is 14.3 Å². The molecule has 2 fully saturated rings. The van der Waals surface area contributed by atoms with Crippen LogP contribution in [0.2, 0.25) is 0 Å². The Morgan fingerprint density at radius 1 is 1.35 bits per heavy atom. The second-order valence-electron chi connectivity index (χ2n) is 7.96. The maximum atomic E-state index is 13.4. The number of carbonyl (C=O) groups excluding carboxylic acids is 1. The van der Waals surface area contributed by atoms with Gasteiger partial charge in [-0.3, -0.25) is 28.6 Å². The van der Waals surface area contributed by atoms with Gasteiger partial charge in [-0.1, -0.05) is 30.0 Å². The van der Waals surface area contributed by atoms with Gasteiger partial charge in [0.2, 0.25) is 0 Å². The molecular formula is C22H25N5O5S2. The quantitative estimate of drug-likeness (QED) is 0.311. The van der Waals surface area contributed by atoms with Crippen LogP contribution in [0, 0.1) is 6.92 Å². The number of ether oxygens (including phenoxy) is 1. The highest BCUT2D eigenvalue weighted by Gasteiger charge is 2.34. The number of carboxylic acids is 1. The van der Waals surface area contributed by atoms with Crippen molar-refractivity contribution in [3.05, 3.63) is 44.7 Å². The van der Waals surface area contributed by atoms with Gasteiger partial charge in [-0.25, -0.2) is 4.98 Å². The van der Waals surface area contributed by atoms with E-state index in [1.54, 1.807) is 12.3 Å². The smallest absolute Gasteiger partial charge is 0.323 e. The maximum Gasteiger partial charge on any atom is 0.323 e. The first-order valence-electron chi connectivity index (χ1n) is 10.9. The molecule has 0 spiro atoms. The van der Waals surface area contributed by atoms with Crippen LogP contribution < -0.4 is 10.9 Å². The third-order valence-electron chi connectivity index (χ3n) is 5.57. The first kappa shape index (κ1) is 24.3. The number of aliphatic carboxylic acids is 1. The van der Waals surface area contributed by atoms with E-state index < -0.39 is 18.4 Å². The molecule has 2 aromatic rings. The Hall–Kier alpha value is -2.80. The largest absolute Gasteiger partial charge is 0.480 e. The van der Waals surface area contributed by atoms with Crippen molar-refractivity contribution < 1.29 is 19.4 Å². The van der Waals surface area contributed by atoms with E-state index in [0.717, 1.165) is 61.5 Å². The normalized spacial score (nSPS) is 18.3. The summed E-state index contributed by atoms with van der Waals surface area (Å²) in [6.07, 6.45) is 3.93. The number of fused-ring (bicyclic) bond motifs is 1. The molecule has 4 heterocycles. The van der Waals surface area contributed by atoms with Gasteiger partial charge in [-0.2, -0.15) is 0 Å². The minimum absolute atomic E-state index is 0.142. The first-order valence-corrected chi connectivity index (χ1v) is 12.1. The molecule has 180 valence electrons. The second-order valence-corrected chi connectivity index (χ2v) is 9.64. The van der Waals surface area contributed by atoms with E-state index >= 15 is 0 Å². The number of hydrogen-bond donors (Lipinski definition) is 2. The van der Waals surface area contributed by atoms with E-state index in [1.807, 2.05) is 13.0 Å². The molecule has 12 heteroatoms. The van der Waals surface area contributed by atoms with Gasteiger partial charge >= 0.3 is 5.97 Å². The van der Waals surface area contributed by atoms with Crippen molar-refractivity contribution in [1.82, 2.24) is 19.2 Å². The number of carbonyl (C=O) groups is 2. The predicted octanol–water partition coefficient (Wildman–Crippen LogP) is 1.42. The summed E-state index contributed by atoms with van der Waals surface area (Å²) in [5.74, 6) is -1.32. The van der Waals surface area contributed by atoms with Crippen LogP contribution >= 0.6 is 24.0 Å². The third kappa shape index (κ3) is 5.30. The summed E-state index contributed by atoms with van der Waals surface area (Å²) in [6, 6.07) is 3.64. The number of amides is 1. The highest BCUT2D eigenvalue weighted by Crippen LogP contribution is 2.32. The van der Waals surface area contributed by atoms with Crippen LogP contribution in [0.15, 0.2) is 28.0 Å². The maximum absolute atomic E-state index is 13.4. The zero-order valence-corrected chi connectivity index (χ0v) is 20.3. The molecule has 0 radical (unpaired) electrons. The molecule has 1 amide bonds. The third-order valence-corrected chi connectivity index (χ3v) is 6.95. The highest BCUT2D eigenvalue weighted by atomic mass is 32.2. The number of carboxylic acid groups (broad SMARTS) is 1. The lowest BCUT2D eigenvalue weighted by Crippen LogP contribution is -2.37. The summed E-state index contributed by atoms with van der Waals surface area (Å²) in [7, 11) is 0. The summed E-state index contributed by atoms with van der Waals surface area (Å²) in [5, 5.41) is 12.3. The Labute approximate surface area is 205 Å². The summed E-state index contributed by atoms with van der Waals surface area (Å²) >= 11 is 6.15. The number of aromatic nitrogens is 2. The van der Waals surface area contributed by atoms with Crippen LogP contribution in [-0.4, -0.2) is 86.4 Å². The SMILES string of the molecule is Cc1cccn2c(=O)c(C=C3SC(=S)N(CC(=O)O)C3=O)c(NCCCN3CCOCC3)nc12. The number of thiocarbonyl (C=S) groups is 1. The number of anilines is 1. The molecule has 0 bridgehead atoms. The van der Waals surface area contributed by atoms with Crippen molar-refractivity contribution in [3.63, 3.8) is 0 Å². The van der Waals surface area contributed by atoms with E-state index in [1.165, 1.54) is 10.5 Å². The van der Waals surface area contributed by atoms with Crippen molar-refractivity contribution in [2.75, 3.05) is 51.3 Å². The molecular weight excluding hydrogens is 478 g/mol. The average molecular weight is 504 g/mol. The van der Waals surface area contributed by atoms with Crippen molar-refractivity contribution in [1.29, 1.82) is 0 Å². The van der Waals surface area contributed by atoms with Crippen LogP contribution in [0.3, 0.4) is 0 Å². The van der Waals surface area contributed by atoms with Gasteiger partial charge in [0.25, 0.3) is 11.5 Å². The van der Waals surface area contributed by atoms with Gasteiger partial charge in [-0.05, 0) is 37.6 Å². The van der Waals surface area contributed by atoms with E-state index in [-0.39, 0.29) is 20.3 Å². The van der Waals surface area contributed by atoms with E-state index in [4.69, 9.17) is 22.1 Å². The van der Waals surface area contributed by atoms with Gasteiger partial charge in [-0.15, -0.1) is 0 Å². The molecule has 0 unspecified atom stereocenters. The van der Waals surface area contributed by atoms with Crippen molar-refractivity contribution in [2.24, 2.45) is 0 Å². The fourth-order valence-corrected chi connectivity index (χ4v) is 5.05. The molecule has 2 saturated heterocycles. The highest BCUT2D eigenvalue weighted by molar-refractivity contribution is 8.26. The monoisotopic (exact) mass is 503 g/mol. The molecule has 0 atom stereocenters. The van der Waals surface area contributed by atoms with Gasteiger partial charge in [0.15, 0.2) is 0 Å². The Morgan fingerprint density at radius 3 is 2.85 bits per heavy atom. The zero-order chi connectivity index (χ0) is 24.2. The number of aryl methyl sites for hydroxylation is 1. The Morgan fingerprint density at radius 2 is 2.12 bits per heavy atom. The van der Waals surface area contributed by atoms with E-state index in [2.05, 4.69) is 15.2 Å². The molecule has 2 aliphatic rings. The fourth-order valence-electron chi connectivity index (χ4n) is 3.81. The van der Waals surface area contributed by atoms with E-state index in [0.29, 0.717) is 18.0 Å². The zero-order valence-electron chi connectivity index (χ0n) is 18.7. The summed E-state index contributed by atoms with van der Waals surface area (Å²) < 4.78 is 6.96. The lowest BCUT2D eigenvalue weighted by Gasteiger charge is -2.26. The van der Waals surface area contributed by atoms with Crippen molar-refractivity contribution in [3.8, 4) is 0 Å². The number of pyridine rings is 1. The van der Waals surface area contributed by atoms with Gasteiger partial charge in [0.1, 0.15) is 22.3 Å². The molecule has 34 heavy (non-hydrogen) atoms. The molecule has 2 N–H and O–H groups in total. The Bertz CT molecular complexity index is 1220. The topological polar surface area (TPSA) is 116 Å². The average Bonchev–Trinajstić information content (AvgIpc) is 3.07. The first-order chi connectivity index (χ1) is 16.3. The Balaban J connectivity index is 1.63.